The average Bonchev–Trinajstić information content (AvgIpc) is 2.68. The molecule has 1 atom stereocenters. The lowest BCUT2D eigenvalue weighted by molar-refractivity contribution is -0.0524. The molecular weight excluding hydrogens is 246 g/mol. The van der Waals surface area contributed by atoms with Crippen LogP contribution < -0.4 is 5.32 Å². The third kappa shape index (κ3) is 3.07. The zero-order valence-corrected chi connectivity index (χ0v) is 13.5. The molecule has 0 saturated heterocycles. The fraction of sp³-hybridized carbons (Fsp3) is 0.667. The first-order valence-corrected chi connectivity index (χ1v) is 7.92. The first-order chi connectivity index (χ1) is 9.63. The van der Waals surface area contributed by atoms with E-state index < -0.39 is 0 Å². The summed E-state index contributed by atoms with van der Waals surface area (Å²) in [5.41, 5.74) is 4.03. The van der Waals surface area contributed by atoms with Crippen LogP contribution in [0.5, 0.6) is 0 Å². The number of hydrogen-bond donors (Lipinski definition) is 1. The maximum absolute atomic E-state index is 6.09. The summed E-state index contributed by atoms with van der Waals surface area (Å²) in [6.45, 7) is 4.37. The molecule has 1 aromatic rings. The summed E-state index contributed by atoms with van der Waals surface area (Å²) >= 11 is 0. The number of methoxy groups -OCH3 is 1. The number of ether oxygens (including phenoxy) is 1. The summed E-state index contributed by atoms with van der Waals surface area (Å²) < 4.78 is 6.09. The van der Waals surface area contributed by atoms with Crippen LogP contribution in [0.4, 0.5) is 0 Å². The number of hydrogen-bond acceptors (Lipinski definition) is 2. The van der Waals surface area contributed by atoms with Crippen molar-refractivity contribution in [1.82, 2.24) is 5.32 Å². The van der Waals surface area contributed by atoms with Crippen LogP contribution in [-0.2, 0) is 4.74 Å². The van der Waals surface area contributed by atoms with Crippen molar-refractivity contribution >= 4 is 0 Å². The first kappa shape index (κ1) is 15.5. The van der Waals surface area contributed by atoms with Crippen molar-refractivity contribution in [3.8, 4) is 0 Å². The van der Waals surface area contributed by atoms with Gasteiger partial charge in [0.25, 0.3) is 0 Å². The lowest BCUT2D eigenvalue weighted by Gasteiger charge is -2.40. The molecule has 0 radical (unpaired) electrons. The minimum absolute atomic E-state index is 0.0503. The normalized spacial score (nSPS) is 20.4. The first-order valence-electron chi connectivity index (χ1n) is 7.92. The largest absolute Gasteiger partial charge is 0.376 e. The maximum Gasteiger partial charge on any atom is 0.0872 e. The topological polar surface area (TPSA) is 21.3 Å². The molecule has 0 aromatic heterocycles. The van der Waals surface area contributed by atoms with Crippen LogP contribution >= 0.6 is 0 Å². The minimum atomic E-state index is -0.0503. The monoisotopic (exact) mass is 275 g/mol. The van der Waals surface area contributed by atoms with E-state index in [0.717, 1.165) is 12.8 Å². The number of likely N-dealkylation sites (N-methyl/N-ethyl adjacent to an activating group) is 1. The van der Waals surface area contributed by atoms with Gasteiger partial charge in [0.05, 0.1) is 11.6 Å². The Balaban J connectivity index is 2.37. The molecule has 20 heavy (non-hydrogen) atoms. The van der Waals surface area contributed by atoms with Crippen molar-refractivity contribution < 1.29 is 4.74 Å². The fourth-order valence-corrected chi connectivity index (χ4v) is 3.79. The van der Waals surface area contributed by atoms with Crippen molar-refractivity contribution in [2.24, 2.45) is 0 Å². The van der Waals surface area contributed by atoms with Crippen LogP contribution in [0.25, 0.3) is 0 Å². The van der Waals surface area contributed by atoms with Gasteiger partial charge < -0.3 is 10.1 Å². The lowest BCUT2D eigenvalue weighted by atomic mass is 9.80. The van der Waals surface area contributed by atoms with Gasteiger partial charge in [-0.25, -0.2) is 0 Å². The fourth-order valence-electron chi connectivity index (χ4n) is 3.79. The Morgan fingerprint density at radius 3 is 2.25 bits per heavy atom. The molecular formula is C18H29NO. The molecule has 2 heteroatoms. The predicted octanol–water partition coefficient (Wildman–Crippen LogP) is 4.30. The third-order valence-corrected chi connectivity index (χ3v) is 4.91. The standard InChI is InChI=1S/C18H29NO/c1-14-9-10-16(15(2)13-14)17(19-3)18(20-4)11-7-5-6-8-12-18/h9-10,13,17,19H,5-8,11-12H2,1-4H3. The molecule has 1 saturated carbocycles. The van der Waals surface area contributed by atoms with Gasteiger partial charge in [-0.05, 0) is 44.9 Å². The molecule has 1 unspecified atom stereocenters. The van der Waals surface area contributed by atoms with Gasteiger partial charge in [-0.1, -0.05) is 49.4 Å². The van der Waals surface area contributed by atoms with Crippen LogP contribution in [0.1, 0.15) is 61.3 Å². The van der Waals surface area contributed by atoms with E-state index >= 15 is 0 Å². The maximum atomic E-state index is 6.09. The van der Waals surface area contributed by atoms with Crippen molar-refractivity contribution in [3.05, 3.63) is 34.9 Å². The van der Waals surface area contributed by atoms with Crippen LogP contribution in [0.3, 0.4) is 0 Å². The Morgan fingerprint density at radius 1 is 1.10 bits per heavy atom. The molecule has 1 aromatic carbocycles. The van der Waals surface area contributed by atoms with E-state index in [2.05, 4.69) is 44.4 Å². The molecule has 2 nitrogen and oxygen atoms in total. The molecule has 0 bridgehead atoms. The molecule has 0 amide bonds. The van der Waals surface area contributed by atoms with Gasteiger partial charge >= 0.3 is 0 Å². The molecule has 0 spiro atoms. The van der Waals surface area contributed by atoms with Gasteiger partial charge in [-0.15, -0.1) is 0 Å². The summed E-state index contributed by atoms with van der Waals surface area (Å²) in [4.78, 5) is 0. The van der Waals surface area contributed by atoms with Crippen LogP contribution in [0.2, 0.25) is 0 Å². The highest BCUT2D eigenvalue weighted by Gasteiger charge is 2.39. The molecule has 1 aliphatic carbocycles. The summed E-state index contributed by atoms with van der Waals surface area (Å²) in [6.07, 6.45) is 7.54. The van der Waals surface area contributed by atoms with Gasteiger partial charge in [0.1, 0.15) is 0 Å². The highest BCUT2D eigenvalue weighted by Crippen LogP contribution is 2.41. The van der Waals surface area contributed by atoms with E-state index in [0.29, 0.717) is 0 Å². The zero-order chi connectivity index (χ0) is 14.6. The second-order valence-corrected chi connectivity index (χ2v) is 6.26. The molecule has 0 aliphatic heterocycles. The molecule has 2 rings (SSSR count). The Bertz CT molecular complexity index is 433. The van der Waals surface area contributed by atoms with Crippen molar-refractivity contribution in [2.75, 3.05) is 14.2 Å². The van der Waals surface area contributed by atoms with Gasteiger partial charge in [0.2, 0.25) is 0 Å². The lowest BCUT2D eigenvalue weighted by Crippen LogP contribution is -2.44. The summed E-state index contributed by atoms with van der Waals surface area (Å²) in [6, 6.07) is 7.05. The number of nitrogens with one attached hydrogen (secondary N) is 1. The van der Waals surface area contributed by atoms with Gasteiger partial charge in [0.15, 0.2) is 0 Å². The van der Waals surface area contributed by atoms with E-state index in [-0.39, 0.29) is 11.6 Å². The van der Waals surface area contributed by atoms with Crippen LogP contribution in [0, 0.1) is 13.8 Å². The summed E-state index contributed by atoms with van der Waals surface area (Å²) in [7, 11) is 3.95. The minimum Gasteiger partial charge on any atom is -0.376 e. The smallest absolute Gasteiger partial charge is 0.0872 e. The van der Waals surface area contributed by atoms with E-state index in [9.17, 15) is 0 Å². The molecule has 1 aliphatic rings. The number of rotatable bonds is 4. The Kier molecular flexibility index (Phi) is 5.22. The second kappa shape index (κ2) is 6.73. The Hall–Kier alpha value is -0.860. The Labute approximate surface area is 123 Å². The predicted molar refractivity (Wildman–Crippen MR) is 85.2 cm³/mol. The third-order valence-electron chi connectivity index (χ3n) is 4.91. The second-order valence-electron chi connectivity index (χ2n) is 6.26. The van der Waals surface area contributed by atoms with E-state index in [1.165, 1.54) is 42.4 Å². The molecule has 112 valence electrons. The summed E-state index contributed by atoms with van der Waals surface area (Å²) in [5, 5.41) is 3.54. The van der Waals surface area contributed by atoms with Gasteiger partial charge in [-0.2, -0.15) is 0 Å². The number of aryl methyl sites for hydroxylation is 2. The van der Waals surface area contributed by atoms with Crippen LogP contribution in [-0.4, -0.2) is 19.8 Å². The van der Waals surface area contributed by atoms with E-state index in [4.69, 9.17) is 4.74 Å². The zero-order valence-electron chi connectivity index (χ0n) is 13.5. The van der Waals surface area contributed by atoms with E-state index in [1.807, 2.05) is 7.11 Å². The Morgan fingerprint density at radius 2 is 1.75 bits per heavy atom. The van der Waals surface area contributed by atoms with Crippen molar-refractivity contribution in [2.45, 2.75) is 64.0 Å². The van der Waals surface area contributed by atoms with Crippen LogP contribution in [0.15, 0.2) is 18.2 Å². The highest BCUT2D eigenvalue weighted by molar-refractivity contribution is 5.34. The number of benzene rings is 1. The quantitative estimate of drug-likeness (QED) is 0.827. The average molecular weight is 275 g/mol. The van der Waals surface area contributed by atoms with Crippen molar-refractivity contribution in [1.29, 1.82) is 0 Å². The molecule has 1 N–H and O–H groups in total. The van der Waals surface area contributed by atoms with Crippen molar-refractivity contribution in [3.63, 3.8) is 0 Å². The SMILES string of the molecule is CNC(c1ccc(C)cc1C)C1(OC)CCCCCC1. The highest BCUT2D eigenvalue weighted by atomic mass is 16.5. The van der Waals surface area contributed by atoms with E-state index in [1.54, 1.807) is 0 Å². The van der Waals surface area contributed by atoms with Gasteiger partial charge in [-0.3, -0.25) is 0 Å². The van der Waals surface area contributed by atoms with Gasteiger partial charge in [0, 0.05) is 7.11 Å². The molecule has 1 fully saturated rings. The summed E-state index contributed by atoms with van der Waals surface area (Å²) in [5.74, 6) is 0. The molecule has 0 heterocycles.